The Hall–Kier alpha value is -4.28. The molecule has 0 radical (unpaired) electrons. The molecule has 0 aliphatic heterocycles. The minimum absolute atomic E-state index is 0.147. The van der Waals surface area contributed by atoms with E-state index in [1.807, 2.05) is 74.5 Å². The van der Waals surface area contributed by atoms with Gasteiger partial charge in [-0.2, -0.15) is 5.26 Å². The Bertz CT molecular complexity index is 1300. The molecule has 1 unspecified atom stereocenters. The van der Waals surface area contributed by atoms with Crippen LogP contribution in [0.4, 0.5) is 5.82 Å². The zero-order valence-corrected chi connectivity index (χ0v) is 19.9. The molecule has 0 bridgehead atoms. The van der Waals surface area contributed by atoms with Gasteiger partial charge in [-0.3, -0.25) is 4.79 Å². The maximum absolute atomic E-state index is 13.3. The standard InChI is InChI=1S/C28H27N5O2/c1-18(22-11-9-21(15-29)10-12-22)16-31-27(23-7-5-4-6-8-23)28(34)32-25-14-13-24(17-30-25)26-19(2)33-35-20(26)3/h4-14,17-18,27,31H,16H2,1-3H3,(H,30,32,34)/t18?,27-/m0/s1. The van der Waals surface area contributed by atoms with Crippen molar-refractivity contribution < 1.29 is 9.32 Å². The van der Waals surface area contributed by atoms with Crippen molar-refractivity contribution in [2.45, 2.75) is 32.7 Å². The minimum Gasteiger partial charge on any atom is -0.361 e. The smallest absolute Gasteiger partial charge is 0.247 e. The molecule has 0 aliphatic carbocycles. The number of amides is 1. The van der Waals surface area contributed by atoms with E-state index in [1.54, 1.807) is 12.3 Å². The number of benzene rings is 2. The van der Waals surface area contributed by atoms with Crippen LogP contribution < -0.4 is 10.6 Å². The summed E-state index contributed by atoms with van der Waals surface area (Å²) in [7, 11) is 0. The van der Waals surface area contributed by atoms with Gasteiger partial charge in [0.1, 0.15) is 17.6 Å². The maximum Gasteiger partial charge on any atom is 0.247 e. The van der Waals surface area contributed by atoms with Gasteiger partial charge >= 0.3 is 0 Å². The van der Waals surface area contributed by atoms with E-state index in [2.05, 4.69) is 33.8 Å². The summed E-state index contributed by atoms with van der Waals surface area (Å²) in [5, 5.41) is 19.3. The maximum atomic E-state index is 13.3. The predicted octanol–water partition coefficient (Wildman–Crippen LogP) is 5.30. The summed E-state index contributed by atoms with van der Waals surface area (Å²) in [6, 6.07) is 22.4. The molecule has 2 aromatic heterocycles. The van der Waals surface area contributed by atoms with Crippen LogP contribution in [-0.4, -0.2) is 22.6 Å². The van der Waals surface area contributed by atoms with E-state index < -0.39 is 6.04 Å². The number of pyridine rings is 1. The van der Waals surface area contributed by atoms with Gasteiger partial charge in [0.15, 0.2) is 0 Å². The first-order valence-electron chi connectivity index (χ1n) is 11.4. The van der Waals surface area contributed by atoms with Crippen molar-refractivity contribution in [1.29, 1.82) is 5.26 Å². The van der Waals surface area contributed by atoms with Gasteiger partial charge < -0.3 is 15.2 Å². The number of aromatic nitrogens is 2. The highest BCUT2D eigenvalue weighted by molar-refractivity contribution is 5.95. The summed E-state index contributed by atoms with van der Waals surface area (Å²) in [5.74, 6) is 1.15. The van der Waals surface area contributed by atoms with E-state index in [0.717, 1.165) is 33.7 Å². The molecule has 7 heteroatoms. The molecule has 4 rings (SSSR count). The largest absolute Gasteiger partial charge is 0.361 e. The third-order valence-corrected chi connectivity index (χ3v) is 5.97. The van der Waals surface area contributed by atoms with Crippen molar-refractivity contribution in [3.8, 4) is 17.2 Å². The molecular weight excluding hydrogens is 438 g/mol. The van der Waals surface area contributed by atoms with Gasteiger partial charge in [0, 0.05) is 23.9 Å². The van der Waals surface area contributed by atoms with Gasteiger partial charge in [-0.25, -0.2) is 4.98 Å². The van der Waals surface area contributed by atoms with Gasteiger partial charge in [0.2, 0.25) is 5.91 Å². The zero-order chi connectivity index (χ0) is 24.8. The van der Waals surface area contributed by atoms with Crippen LogP contribution in [0.25, 0.3) is 11.1 Å². The van der Waals surface area contributed by atoms with Crippen LogP contribution in [0.1, 0.15) is 47.0 Å². The van der Waals surface area contributed by atoms with E-state index in [9.17, 15) is 4.79 Å². The number of nitrogens with one attached hydrogen (secondary N) is 2. The number of anilines is 1. The summed E-state index contributed by atoms with van der Waals surface area (Å²) in [5.41, 5.74) is 5.18. The molecule has 2 atom stereocenters. The van der Waals surface area contributed by atoms with Crippen LogP contribution in [0.15, 0.2) is 77.4 Å². The molecule has 7 nitrogen and oxygen atoms in total. The number of carbonyl (C=O) groups excluding carboxylic acids is 1. The molecule has 0 fully saturated rings. The highest BCUT2D eigenvalue weighted by atomic mass is 16.5. The lowest BCUT2D eigenvalue weighted by Crippen LogP contribution is -2.35. The van der Waals surface area contributed by atoms with Gasteiger partial charge in [-0.1, -0.05) is 54.5 Å². The van der Waals surface area contributed by atoms with E-state index in [4.69, 9.17) is 9.78 Å². The van der Waals surface area contributed by atoms with Crippen molar-refractivity contribution in [2.24, 2.45) is 0 Å². The fraction of sp³-hybridized carbons (Fsp3) is 0.214. The average molecular weight is 466 g/mol. The quantitative estimate of drug-likeness (QED) is 0.366. The molecule has 35 heavy (non-hydrogen) atoms. The molecule has 2 aromatic carbocycles. The number of nitriles is 1. The molecule has 4 aromatic rings. The molecule has 0 aliphatic rings. The summed E-state index contributed by atoms with van der Waals surface area (Å²) >= 11 is 0. The SMILES string of the molecule is Cc1noc(C)c1-c1ccc(NC(=O)[C@@H](NCC(C)c2ccc(C#N)cc2)c2ccccc2)nc1. The molecule has 2 heterocycles. The number of rotatable bonds is 8. The molecule has 0 saturated carbocycles. The molecule has 1 amide bonds. The molecule has 0 saturated heterocycles. The van der Waals surface area contributed by atoms with Crippen molar-refractivity contribution in [3.63, 3.8) is 0 Å². The lowest BCUT2D eigenvalue weighted by atomic mass is 9.98. The number of hydrogen-bond donors (Lipinski definition) is 2. The number of nitrogens with zero attached hydrogens (tertiary/aromatic N) is 3. The second kappa shape index (κ2) is 10.8. The normalized spacial score (nSPS) is 12.5. The van der Waals surface area contributed by atoms with Crippen LogP contribution in [0.5, 0.6) is 0 Å². The van der Waals surface area contributed by atoms with Crippen molar-refractivity contribution in [2.75, 3.05) is 11.9 Å². The first-order chi connectivity index (χ1) is 17.0. The Morgan fingerprint density at radius 2 is 1.77 bits per heavy atom. The molecule has 0 spiro atoms. The second-order valence-electron chi connectivity index (χ2n) is 8.51. The Kier molecular flexibility index (Phi) is 7.34. The van der Waals surface area contributed by atoms with Gasteiger partial charge in [0.05, 0.1) is 17.3 Å². The van der Waals surface area contributed by atoms with Gasteiger partial charge in [-0.05, 0) is 55.2 Å². The Morgan fingerprint density at radius 1 is 1.03 bits per heavy atom. The summed E-state index contributed by atoms with van der Waals surface area (Å²) in [6.45, 7) is 6.41. The molecular formula is C28H27N5O2. The Morgan fingerprint density at radius 3 is 2.37 bits per heavy atom. The minimum atomic E-state index is -0.555. The van der Waals surface area contributed by atoms with Crippen LogP contribution in [-0.2, 0) is 4.79 Å². The monoisotopic (exact) mass is 465 g/mol. The number of carbonyl (C=O) groups is 1. The Balaban J connectivity index is 1.47. The lowest BCUT2D eigenvalue weighted by molar-refractivity contribution is -0.118. The fourth-order valence-electron chi connectivity index (χ4n) is 4.02. The second-order valence-corrected chi connectivity index (χ2v) is 8.51. The Labute approximate surface area is 204 Å². The van der Waals surface area contributed by atoms with E-state index in [-0.39, 0.29) is 11.8 Å². The topological polar surface area (TPSA) is 104 Å². The van der Waals surface area contributed by atoms with Crippen LogP contribution in [0.3, 0.4) is 0 Å². The molecule has 2 N–H and O–H groups in total. The van der Waals surface area contributed by atoms with Gasteiger partial charge in [-0.15, -0.1) is 0 Å². The number of aryl methyl sites for hydroxylation is 2. The fourth-order valence-corrected chi connectivity index (χ4v) is 4.02. The summed E-state index contributed by atoms with van der Waals surface area (Å²) in [6.07, 6.45) is 1.71. The van der Waals surface area contributed by atoms with Crippen molar-refractivity contribution in [3.05, 3.63) is 101 Å². The zero-order valence-electron chi connectivity index (χ0n) is 19.9. The van der Waals surface area contributed by atoms with Gasteiger partial charge in [0.25, 0.3) is 0 Å². The first kappa shape index (κ1) is 23.9. The van der Waals surface area contributed by atoms with E-state index in [0.29, 0.717) is 17.9 Å². The van der Waals surface area contributed by atoms with Crippen molar-refractivity contribution >= 4 is 11.7 Å². The van der Waals surface area contributed by atoms with Crippen LogP contribution in [0.2, 0.25) is 0 Å². The van der Waals surface area contributed by atoms with Crippen LogP contribution in [0, 0.1) is 25.2 Å². The lowest BCUT2D eigenvalue weighted by Gasteiger charge is -2.21. The average Bonchev–Trinajstić information content (AvgIpc) is 3.23. The first-order valence-corrected chi connectivity index (χ1v) is 11.4. The number of hydrogen-bond acceptors (Lipinski definition) is 6. The highest BCUT2D eigenvalue weighted by Gasteiger charge is 2.22. The highest BCUT2D eigenvalue weighted by Crippen LogP contribution is 2.27. The predicted molar refractivity (Wildman–Crippen MR) is 135 cm³/mol. The van der Waals surface area contributed by atoms with E-state index in [1.165, 1.54) is 0 Å². The molecule has 176 valence electrons. The summed E-state index contributed by atoms with van der Waals surface area (Å²) < 4.78 is 5.24. The van der Waals surface area contributed by atoms with Crippen LogP contribution >= 0.6 is 0 Å². The third kappa shape index (κ3) is 5.62. The van der Waals surface area contributed by atoms with E-state index >= 15 is 0 Å². The van der Waals surface area contributed by atoms with Crippen molar-refractivity contribution in [1.82, 2.24) is 15.5 Å². The summed E-state index contributed by atoms with van der Waals surface area (Å²) in [4.78, 5) is 17.7. The third-order valence-electron chi connectivity index (χ3n) is 5.97.